The number of hydrogen-bond acceptors (Lipinski definition) is 9. The highest BCUT2D eigenvalue weighted by molar-refractivity contribution is 5.95. The van der Waals surface area contributed by atoms with Gasteiger partial charge in [0.15, 0.2) is 0 Å². The average molecular weight is 406 g/mol. The fourth-order valence-corrected chi connectivity index (χ4v) is 2.91. The van der Waals surface area contributed by atoms with E-state index in [1.807, 2.05) is 6.07 Å². The van der Waals surface area contributed by atoms with Gasteiger partial charge in [0.2, 0.25) is 6.29 Å². The summed E-state index contributed by atoms with van der Waals surface area (Å²) < 4.78 is 16.0. The summed E-state index contributed by atoms with van der Waals surface area (Å²) >= 11 is 0. The molecule has 0 aromatic heterocycles. The smallest absolute Gasteiger partial charge is 0.346 e. The number of phenolic OH excluding ortho intramolecular Hbond substituents is 1. The van der Waals surface area contributed by atoms with E-state index in [4.69, 9.17) is 14.2 Å². The second-order valence-corrected chi connectivity index (χ2v) is 6.53. The zero-order valence-electron chi connectivity index (χ0n) is 15.3. The highest BCUT2D eigenvalue weighted by atomic mass is 16.7. The Morgan fingerprint density at radius 1 is 0.966 bits per heavy atom. The topological polar surface area (TPSA) is 146 Å². The van der Waals surface area contributed by atoms with E-state index in [1.165, 1.54) is 18.2 Å². The van der Waals surface area contributed by atoms with Crippen molar-refractivity contribution in [3.05, 3.63) is 59.7 Å². The molecule has 1 saturated heterocycles. The maximum absolute atomic E-state index is 12.5. The number of ether oxygens (including phenoxy) is 3. The molecule has 0 aliphatic carbocycles. The van der Waals surface area contributed by atoms with Gasteiger partial charge in [-0.3, -0.25) is 0 Å². The monoisotopic (exact) mass is 406 g/mol. The molecule has 29 heavy (non-hydrogen) atoms. The van der Waals surface area contributed by atoms with Gasteiger partial charge >= 0.3 is 5.97 Å². The van der Waals surface area contributed by atoms with Crippen molar-refractivity contribution in [3.8, 4) is 11.5 Å². The standard InChI is InChI=1S/C20H22O9/c21-9-14-16(23)17(24)18(25)20(29-14)28-13-8-4-7-12(22)15(13)19(26)27-10-11-5-2-1-3-6-11/h1-8,14,16-18,20-25H,9-10H2/t14-,16-,17+,18-,20-/m1/s1. The lowest BCUT2D eigenvalue weighted by Crippen LogP contribution is -2.60. The van der Waals surface area contributed by atoms with Crippen molar-refractivity contribution in [2.75, 3.05) is 6.61 Å². The van der Waals surface area contributed by atoms with E-state index in [1.54, 1.807) is 24.3 Å². The molecule has 156 valence electrons. The molecular formula is C20H22O9. The first-order chi connectivity index (χ1) is 13.9. The molecule has 2 aromatic rings. The van der Waals surface area contributed by atoms with Crippen LogP contribution in [0.15, 0.2) is 48.5 Å². The number of aliphatic hydroxyl groups is 4. The van der Waals surface area contributed by atoms with Crippen LogP contribution >= 0.6 is 0 Å². The van der Waals surface area contributed by atoms with E-state index in [0.717, 1.165) is 5.56 Å². The molecule has 0 amide bonds. The molecule has 3 rings (SSSR count). The van der Waals surface area contributed by atoms with Crippen molar-refractivity contribution in [2.24, 2.45) is 0 Å². The van der Waals surface area contributed by atoms with Gasteiger partial charge in [-0.25, -0.2) is 4.79 Å². The van der Waals surface area contributed by atoms with E-state index in [9.17, 15) is 30.3 Å². The highest BCUT2D eigenvalue weighted by Crippen LogP contribution is 2.32. The second kappa shape index (κ2) is 9.21. The molecule has 0 bridgehead atoms. The summed E-state index contributed by atoms with van der Waals surface area (Å²) in [5.41, 5.74) is 0.452. The van der Waals surface area contributed by atoms with Crippen molar-refractivity contribution < 1.29 is 44.5 Å². The fraction of sp³-hybridized carbons (Fsp3) is 0.350. The molecule has 0 saturated carbocycles. The molecule has 1 aliphatic heterocycles. The Bertz CT molecular complexity index is 824. The lowest BCUT2D eigenvalue weighted by Gasteiger charge is -2.39. The number of aromatic hydroxyl groups is 1. The lowest BCUT2D eigenvalue weighted by atomic mass is 9.99. The second-order valence-electron chi connectivity index (χ2n) is 6.53. The quantitative estimate of drug-likeness (QED) is 0.416. The number of benzene rings is 2. The number of hydrogen-bond donors (Lipinski definition) is 5. The number of rotatable bonds is 6. The molecule has 9 nitrogen and oxygen atoms in total. The Balaban J connectivity index is 1.78. The third kappa shape index (κ3) is 4.66. The van der Waals surface area contributed by atoms with Gasteiger partial charge in [0.05, 0.1) is 6.61 Å². The summed E-state index contributed by atoms with van der Waals surface area (Å²) in [6.07, 6.45) is -7.54. The zero-order chi connectivity index (χ0) is 21.0. The third-order valence-corrected chi connectivity index (χ3v) is 4.51. The predicted octanol–water partition coefficient (Wildman–Crippen LogP) is -0.0721. The fourth-order valence-electron chi connectivity index (χ4n) is 2.91. The SMILES string of the molecule is O=C(OCc1ccccc1)c1c(O)cccc1O[C@@H]1O[C@H](CO)[C@@H](O)[C@H](O)[C@H]1O. The Morgan fingerprint density at radius 2 is 1.69 bits per heavy atom. The molecule has 1 fully saturated rings. The van der Waals surface area contributed by atoms with Gasteiger partial charge in [-0.05, 0) is 17.7 Å². The van der Waals surface area contributed by atoms with E-state index in [2.05, 4.69) is 0 Å². The molecule has 9 heteroatoms. The van der Waals surface area contributed by atoms with Crippen LogP contribution in [0.2, 0.25) is 0 Å². The van der Waals surface area contributed by atoms with Crippen LogP contribution < -0.4 is 4.74 Å². The first-order valence-electron chi connectivity index (χ1n) is 8.92. The average Bonchev–Trinajstić information content (AvgIpc) is 2.73. The number of carbonyl (C=O) groups excluding carboxylic acids is 1. The minimum absolute atomic E-state index is 0.0342. The predicted molar refractivity (Wildman–Crippen MR) is 98.1 cm³/mol. The summed E-state index contributed by atoms with van der Waals surface area (Å²) in [6.45, 7) is -0.662. The van der Waals surface area contributed by atoms with Gasteiger partial charge in [0.1, 0.15) is 48.1 Å². The van der Waals surface area contributed by atoms with Crippen LogP contribution in [0.5, 0.6) is 11.5 Å². The Morgan fingerprint density at radius 3 is 2.38 bits per heavy atom. The Labute approximate surface area is 166 Å². The molecule has 2 aromatic carbocycles. The van der Waals surface area contributed by atoms with E-state index in [-0.39, 0.29) is 17.9 Å². The van der Waals surface area contributed by atoms with Crippen LogP contribution in [0.3, 0.4) is 0 Å². The molecule has 5 N–H and O–H groups in total. The zero-order valence-corrected chi connectivity index (χ0v) is 15.3. The van der Waals surface area contributed by atoms with E-state index >= 15 is 0 Å². The van der Waals surface area contributed by atoms with Crippen molar-refractivity contribution >= 4 is 5.97 Å². The summed E-state index contributed by atoms with van der Waals surface area (Å²) in [7, 11) is 0. The van der Waals surface area contributed by atoms with Gasteiger partial charge in [0.25, 0.3) is 0 Å². The van der Waals surface area contributed by atoms with Gasteiger partial charge < -0.3 is 39.7 Å². The molecule has 0 spiro atoms. The van der Waals surface area contributed by atoms with Gasteiger partial charge in [0, 0.05) is 0 Å². The minimum atomic E-state index is -1.66. The lowest BCUT2D eigenvalue weighted by molar-refractivity contribution is -0.277. The van der Waals surface area contributed by atoms with Crippen LogP contribution in [0.1, 0.15) is 15.9 Å². The van der Waals surface area contributed by atoms with Crippen LogP contribution in [0.4, 0.5) is 0 Å². The van der Waals surface area contributed by atoms with Crippen molar-refractivity contribution in [1.82, 2.24) is 0 Å². The number of aliphatic hydroxyl groups excluding tert-OH is 4. The van der Waals surface area contributed by atoms with Gasteiger partial charge in [-0.15, -0.1) is 0 Å². The van der Waals surface area contributed by atoms with Gasteiger partial charge in [-0.1, -0.05) is 36.4 Å². The maximum atomic E-state index is 12.5. The van der Waals surface area contributed by atoms with Crippen molar-refractivity contribution in [2.45, 2.75) is 37.3 Å². The molecule has 1 heterocycles. The first kappa shape index (κ1) is 21.0. The van der Waals surface area contributed by atoms with E-state index < -0.39 is 49.0 Å². The first-order valence-corrected chi connectivity index (χ1v) is 8.92. The molecule has 5 atom stereocenters. The minimum Gasteiger partial charge on any atom is -0.507 e. The van der Waals surface area contributed by atoms with Crippen molar-refractivity contribution in [1.29, 1.82) is 0 Å². The largest absolute Gasteiger partial charge is 0.507 e. The summed E-state index contributed by atoms with van der Waals surface area (Å²) in [4.78, 5) is 12.5. The summed E-state index contributed by atoms with van der Waals surface area (Å²) in [6, 6.07) is 12.9. The van der Waals surface area contributed by atoms with Crippen LogP contribution in [-0.2, 0) is 16.1 Å². The number of carbonyl (C=O) groups is 1. The van der Waals surface area contributed by atoms with Crippen LogP contribution in [0.25, 0.3) is 0 Å². The molecule has 1 aliphatic rings. The summed E-state index contributed by atoms with van der Waals surface area (Å²) in [5, 5.41) is 49.2. The normalized spacial score (nSPS) is 26.7. The number of esters is 1. The Hall–Kier alpha value is -2.69. The van der Waals surface area contributed by atoms with Gasteiger partial charge in [-0.2, -0.15) is 0 Å². The molecule has 0 radical (unpaired) electrons. The van der Waals surface area contributed by atoms with E-state index in [0.29, 0.717) is 0 Å². The maximum Gasteiger partial charge on any atom is 0.346 e. The molecular weight excluding hydrogens is 384 g/mol. The number of phenols is 1. The molecule has 0 unspecified atom stereocenters. The van der Waals surface area contributed by atoms with Crippen LogP contribution in [-0.4, -0.2) is 68.8 Å². The highest BCUT2D eigenvalue weighted by Gasteiger charge is 2.45. The Kier molecular flexibility index (Phi) is 6.68. The van der Waals surface area contributed by atoms with Crippen LogP contribution in [0, 0.1) is 0 Å². The summed E-state index contributed by atoms with van der Waals surface area (Å²) in [5.74, 6) is -1.44. The van der Waals surface area contributed by atoms with Crippen molar-refractivity contribution in [3.63, 3.8) is 0 Å². The third-order valence-electron chi connectivity index (χ3n) is 4.51.